The highest BCUT2D eigenvalue weighted by Crippen LogP contribution is 2.24. The number of anilines is 2. The van der Waals surface area contributed by atoms with Gasteiger partial charge in [-0.25, -0.2) is 8.42 Å². The highest BCUT2D eigenvalue weighted by molar-refractivity contribution is 7.93. The second-order valence-electron chi connectivity index (χ2n) is 2.71. The van der Waals surface area contributed by atoms with Crippen LogP contribution in [0.1, 0.15) is 0 Å². The standard InChI is InChI=1S/C7H9F2N3O2S/c1-12(15(13,14)7(8)9)6-2-3-11-4-5(6)10/h2-4,7H,10H2,1H3. The van der Waals surface area contributed by atoms with Crippen molar-refractivity contribution >= 4 is 21.4 Å². The molecule has 0 aromatic carbocycles. The Hall–Kier alpha value is -1.44. The number of sulfonamides is 1. The Morgan fingerprint density at radius 1 is 1.53 bits per heavy atom. The maximum absolute atomic E-state index is 12.2. The fourth-order valence-electron chi connectivity index (χ4n) is 0.943. The first-order valence-electron chi connectivity index (χ1n) is 3.82. The summed E-state index contributed by atoms with van der Waals surface area (Å²) in [5.41, 5.74) is 5.40. The highest BCUT2D eigenvalue weighted by Gasteiger charge is 2.30. The van der Waals surface area contributed by atoms with Crippen LogP contribution >= 0.6 is 0 Å². The average molecular weight is 237 g/mol. The van der Waals surface area contributed by atoms with E-state index < -0.39 is 15.8 Å². The van der Waals surface area contributed by atoms with E-state index in [-0.39, 0.29) is 11.4 Å². The largest absolute Gasteiger partial charge is 0.396 e. The molecule has 0 aliphatic heterocycles. The Labute approximate surface area is 85.6 Å². The lowest BCUT2D eigenvalue weighted by Crippen LogP contribution is -2.32. The second kappa shape index (κ2) is 3.97. The molecule has 1 heterocycles. The molecule has 0 bridgehead atoms. The monoisotopic (exact) mass is 237 g/mol. The number of halogens is 2. The molecule has 84 valence electrons. The molecule has 15 heavy (non-hydrogen) atoms. The fourth-order valence-corrected chi connectivity index (χ4v) is 1.62. The zero-order chi connectivity index (χ0) is 11.6. The van der Waals surface area contributed by atoms with E-state index in [1.54, 1.807) is 0 Å². The van der Waals surface area contributed by atoms with E-state index in [9.17, 15) is 17.2 Å². The molecule has 5 nitrogen and oxygen atoms in total. The third kappa shape index (κ3) is 2.14. The summed E-state index contributed by atoms with van der Waals surface area (Å²) in [4.78, 5) is 3.62. The Bertz CT molecular complexity index is 449. The maximum atomic E-state index is 12.2. The van der Waals surface area contributed by atoms with Crippen LogP contribution in [0.25, 0.3) is 0 Å². The van der Waals surface area contributed by atoms with Crippen LogP contribution in [0.15, 0.2) is 18.5 Å². The van der Waals surface area contributed by atoms with Gasteiger partial charge in [0.15, 0.2) is 0 Å². The van der Waals surface area contributed by atoms with Crippen LogP contribution in [0.5, 0.6) is 0 Å². The molecular weight excluding hydrogens is 228 g/mol. The summed E-state index contributed by atoms with van der Waals surface area (Å²) in [6.45, 7) is 0. The van der Waals surface area contributed by atoms with Gasteiger partial charge >= 0.3 is 5.76 Å². The van der Waals surface area contributed by atoms with Crippen LogP contribution in [0.4, 0.5) is 20.2 Å². The van der Waals surface area contributed by atoms with E-state index >= 15 is 0 Å². The van der Waals surface area contributed by atoms with E-state index in [4.69, 9.17) is 5.73 Å². The van der Waals surface area contributed by atoms with E-state index in [1.807, 2.05) is 0 Å². The number of hydrogen-bond acceptors (Lipinski definition) is 4. The summed E-state index contributed by atoms with van der Waals surface area (Å²) in [5.74, 6) is -3.48. The number of aromatic nitrogens is 1. The van der Waals surface area contributed by atoms with Crippen LogP contribution < -0.4 is 10.0 Å². The van der Waals surface area contributed by atoms with Crippen molar-refractivity contribution in [3.8, 4) is 0 Å². The summed E-state index contributed by atoms with van der Waals surface area (Å²) >= 11 is 0. The van der Waals surface area contributed by atoms with E-state index in [0.717, 1.165) is 7.05 Å². The molecule has 0 saturated carbocycles. The summed E-state index contributed by atoms with van der Waals surface area (Å²) in [5, 5.41) is 0. The Morgan fingerprint density at radius 2 is 2.13 bits per heavy atom. The molecule has 1 aromatic heterocycles. The Morgan fingerprint density at radius 3 is 2.60 bits per heavy atom. The van der Waals surface area contributed by atoms with Gasteiger partial charge in [0.25, 0.3) is 10.0 Å². The first-order chi connectivity index (χ1) is 6.87. The predicted molar refractivity (Wildman–Crippen MR) is 52.0 cm³/mol. The fraction of sp³-hybridized carbons (Fsp3) is 0.286. The van der Waals surface area contributed by atoms with Crippen LogP contribution in [0.2, 0.25) is 0 Å². The van der Waals surface area contributed by atoms with Crippen LogP contribution in [0, 0.1) is 0 Å². The van der Waals surface area contributed by atoms with E-state index in [1.165, 1.54) is 18.5 Å². The van der Waals surface area contributed by atoms with Crippen LogP contribution in [0.3, 0.4) is 0 Å². The number of rotatable bonds is 3. The highest BCUT2D eigenvalue weighted by atomic mass is 32.2. The molecule has 2 N–H and O–H groups in total. The molecule has 0 unspecified atom stereocenters. The summed E-state index contributed by atoms with van der Waals surface area (Å²) in [6.07, 6.45) is 2.45. The Kier molecular flexibility index (Phi) is 3.08. The first kappa shape index (κ1) is 11.6. The molecule has 0 fully saturated rings. The summed E-state index contributed by atoms with van der Waals surface area (Å²) in [6, 6.07) is 1.25. The molecule has 0 saturated heterocycles. The predicted octanol–water partition coefficient (Wildman–Crippen LogP) is 0.652. The number of nitrogen functional groups attached to an aromatic ring is 1. The van der Waals surface area contributed by atoms with Crippen molar-refractivity contribution in [2.24, 2.45) is 0 Å². The lowest BCUT2D eigenvalue weighted by atomic mass is 10.3. The minimum Gasteiger partial charge on any atom is -0.396 e. The van der Waals surface area contributed by atoms with Crippen molar-refractivity contribution in [2.75, 3.05) is 17.1 Å². The molecule has 1 aromatic rings. The van der Waals surface area contributed by atoms with Gasteiger partial charge in [-0.1, -0.05) is 0 Å². The topological polar surface area (TPSA) is 76.3 Å². The third-order valence-corrected chi connectivity index (χ3v) is 3.18. The molecule has 8 heteroatoms. The van der Waals surface area contributed by atoms with Gasteiger partial charge in [0.05, 0.1) is 17.6 Å². The van der Waals surface area contributed by atoms with Gasteiger partial charge in [-0.05, 0) is 6.07 Å². The summed E-state index contributed by atoms with van der Waals surface area (Å²) in [7, 11) is -3.65. The molecule has 0 aliphatic carbocycles. The molecule has 1 rings (SSSR count). The van der Waals surface area contributed by atoms with Gasteiger partial charge in [0.2, 0.25) is 0 Å². The van der Waals surface area contributed by atoms with Crippen molar-refractivity contribution in [2.45, 2.75) is 5.76 Å². The van der Waals surface area contributed by atoms with E-state index in [2.05, 4.69) is 4.98 Å². The zero-order valence-corrected chi connectivity index (χ0v) is 8.58. The number of hydrogen-bond donors (Lipinski definition) is 1. The molecule has 0 radical (unpaired) electrons. The van der Waals surface area contributed by atoms with Gasteiger partial charge in [-0.3, -0.25) is 9.29 Å². The van der Waals surface area contributed by atoms with Gasteiger partial charge < -0.3 is 5.73 Å². The lowest BCUT2D eigenvalue weighted by molar-refractivity contribution is 0.234. The number of alkyl halides is 2. The number of pyridine rings is 1. The van der Waals surface area contributed by atoms with Crippen molar-refractivity contribution in [3.05, 3.63) is 18.5 Å². The molecule has 0 amide bonds. The SMILES string of the molecule is CN(c1ccncc1N)S(=O)(=O)C(F)F. The van der Waals surface area contributed by atoms with Crippen molar-refractivity contribution < 1.29 is 17.2 Å². The minimum absolute atomic E-state index is 0.0178. The second-order valence-corrected chi connectivity index (χ2v) is 4.64. The van der Waals surface area contributed by atoms with Crippen LogP contribution in [-0.4, -0.2) is 26.2 Å². The first-order valence-corrected chi connectivity index (χ1v) is 5.33. The normalized spacial score (nSPS) is 11.7. The zero-order valence-electron chi connectivity index (χ0n) is 7.76. The van der Waals surface area contributed by atoms with Crippen molar-refractivity contribution in [1.82, 2.24) is 4.98 Å². The van der Waals surface area contributed by atoms with Gasteiger partial charge in [0.1, 0.15) is 0 Å². The van der Waals surface area contributed by atoms with Crippen molar-refractivity contribution in [1.29, 1.82) is 0 Å². The van der Waals surface area contributed by atoms with E-state index in [0.29, 0.717) is 4.31 Å². The van der Waals surface area contributed by atoms with Crippen molar-refractivity contribution in [3.63, 3.8) is 0 Å². The lowest BCUT2D eigenvalue weighted by Gasteiger charge is -2.19. The van der Waals surface area contributed by atoms with Crippen LogP contribution in [-0.2, 0) is 10.0 Å². The Balaban J connectivity index is 3.17. The third-order valence-electron chi connectivity index (χ3n) is 1.77. The van der Waals surface area contributed by atoms with Gasteiger partial charge in [0, 0.05) is 13.2 Å². The molecule has 0 spiro atoms. The number of nitrogens with two attached hydrogens (primary N) is 1. The van der Waals surface area contributed by atoms with Gasteiger partial charge in [-0.15, -0.1) is 0 Å². The molecule has 0 atom stereocenters. The smallest absolute Gasteiger partial charge is 0.355 e. The maximum Gasteiger partial charge on any atom is 0.355 e. The summed E-state index contributed by atoms with van der Waals surface area (Å²) < 4.78 is 47.0. The molecule has 0 aliphatic rings. The van der Waals surface area contributed by atoms with Gasteiger partial charge in [-0.2, -0.15) is 8.78 Å². The number of nitrogens with zero attached hydrogens (tertiary/aromatic N) is 2. The average Bonchev–Trinajstić information content (AvgIpc) is 2.17. The minimum atomic E-state index is -4.66. The quantitative estimate of drug-likeness (QED) is 0.837. The molecular formula is C7H9F2N3O2S.